The lowest BCUT2D eigenvalue weighted by atomic mass is 10.1. The van der Waals surface area contributed by atoms with E-state index in [2.05, 4.69) is 22.5 Å². The van der Waals surface area contributed by atoms with Crippen molar-refractivity contribution >= 4 is 22.5 Å². The van der Waals surface area contributed by atoms with E-state index < -0.39 is 0 Å². The van der Waals surface area contributed by atoms with Gasteiger partial charge in [0.1, 0.15) is 0 Å². The molecule has 1 atom stereocenters. The van der Waals surface area contributed by atoms with E-state index in [-0.39, 0.29) is 12.1 Å². The van der Waals surface area contributed by atoms with Gasteiger partial charge in [-0.25, -0.2) is 9.78 Å². The van der Waals surface area contributed by atoms with E-state index >= 15 is 0 Å². The lowest BCUT2D eigenvalue weighted by Gasteiger charge is -2.13. The average Bonchev–Trinajstić information content (AvgIpc) is 2.70. The molecular formula is C13H23N3OS. The van der Waals surface area contributed by atoms with Gasteiger partial charge in [0.2, 0.25) is 0 Å². The number of unbranched alkanes of at least 4 members (excludes halogenated alkanes) is 3. The second-order valence-corrected chi connectivity index (χ2v) is 5.86. The minimum absolute atomic E-state index is 0.160. The van der Waals surface area contributed by atoms with Crippen molar-refractivity contribution < 1.29 is 4.79 Å². The maximum Gasteiger partial charge on any atom is 0.321 e. The SMILES string of the molecule is CCCCCCC(C)NC(=O)Nc1ncc(C)s1. The fraction of sp³-hybridized carbons (Fsp3) is 0.692. The van der Waals surface area contributed by atoms with Crippen LogP contribution >= 0.6 is 11.3 Å². The molecule has 0 saturated carbocycles. The van der Waals surface area contributed by atoms with E-state index in [9.17, 15) is 4.79 Å². The van der Waals surface area contributed by atoms with Gasteiger partial charge in [-0.3, -0.25) is 5.32 Å². The van der Waals surface area contributed by atoms with Gasteiger partial charge in [0.25, 0.3) is 0 Å². The van der Waals surface area contributed by atoms with Crippen molar-refractivity contribution in [1.82, 2.24) is 10.3 Å². The van der Waals surface area contributed by atoms with Gasteiger partial charge in [0, 0.05) is 17.1 Å². The Morgan fingerprint density at radius 1 is 1.44 bits per heavy atom. The molecule has 1 aromatic heterocycles. The van der Waals surface area contributed by atoms with Crippen molar-refractivity contribution in [2.24, 2.45) is 0 Å². The number of aromatic nitrogens is 1. The molecule has 1 rings (SSSR count). The lowest BCUT2D eigenvalue weighted by Crippen LogP contribution is -2.36. The van der Waals surface area contributed by atoms with Gasteiger partial charge >= 0.3 is 6.03 Å². The molecule has 0 aromatic carbocycles. The summed E-state index contributed by atoms with van der Waals surface area (Å²) in [5, 5.41) is 6.34. The largest absolute Gasteiger partial charge is 0.335 e. The van der Waals surface area contributed by atoms with Crippen LogP contribution in [-0.2, 0) is 0 Å². The predicted octanol–water partition coefficient (Wildman–Crippen LogP) is 3.93. The predicted molar refractivity (Wildman–Crippen MR) is 77.2 cm³/mol. The number of urea groups is 1. The van der Waals surface area contributed by atoms with Crippen molar-refractivity contribution in [3.8, 4) is 0 Å². The Balaban J connectivity index is 2.19. The van der Waals surface area contributed by atoms with Crippen LogP contribution in [0.5, 0.6) is 0 Å². The zero-order valence-corrected chi connectivity index (χ0v) is 12.3. The van der Waals surface area contributed by atoms with Crippen molar-refractivity contribution in [3.05, 3.63) is 11.1 Å². The maximum absolute atomic E-state index is 11.7. The topological polar surface area (TPSA) is 54.0 Å². The summed E-state index contributed by atoms with van der Waals surface area (Å²) in [7, 11) is 0. The summed E-state index contributed by atoms with van der Waals surface area (Å²) in [4.78, 5) is 16.9. The summed E-state index contributed by atoms with van der Waals surface area (Å²) < 4.78 is 0. The van der Waals surface area contributed by atoms with Gasteiger partial charge in [-0.2, -0.15) is 0 Å². The summed E-state index contributed by atoms with van der Waals surface area (Å²) in [5.41, 5.74) is 0. The molecule has 0 spiro atoms. The van der Waals surface area contributed by atoms with Gasteiger partial charge in [-0.15, -0.1) is 11.3 Å². The quantitative estimate of drug-likeness (QED) is 0.737. The van der Waals surface area contributed by atoms with E-state index in [1.54, 1.807) is 6.20 Å². The maximum atomic E-state index is 11.7. The zero-order chi connectivity index (χ0) is 13.4. The molecule has 0 radical (unpaired) electrons. The molecule has 0 fully saturated rings. The third kappa shape index (κ3) is 6.00. The van der Waals surface area contributed by atoms with E-state index in [1.165, 1.54) is 37.0 Å². The van der Waals surface area contributed by atoms with E-state index in [1.807, 2.05) is 13.8 Å². The first-order valence-electron chi connectivity index (χ1n) is 6.61. The van der Waals surface area contributed by atoms with Crippen LogP contribution in [0, 0.1) is 6.92 Å². The number of nitrogens with zero attached hydrogens (tertiary/aromatic N) is 1. The Morgan fingerprint density at radius 2 is 2.22 bits per heavy atom. The molecule has 0 aliphatic heterocycles. The fourth-order valence-corrected chi connectivity index (χ4v) is 2.38. The molecule has 5 heteroatoms. The smallest absolute Gasteiger partial charge is 0.321 e. The highest BCUT2D eigenvalue weighted by atomic mass is 32.1. The second-order valence-electron chi connectivity index (χ2n) is 4.62. The minimum atomic E-state index is -0.160. The minimum Gasteiger partial charge on any atom is -0.335 e. The van der Waals surface area contributed by atoms with Crippen molar-refractivity contribution in [1.29, 1.82) is 0 Å². The number of hydrogen-bond acceptors (Lipinski definition) is 3. The Hall–Kier alpha value is -1.10. The third-order valence-electron chi connectivity index (χ3n) is 2.71. The standard InChI is InChI=1S/C13H23N3OS/c1-4-5-6-7-8-10(2)15-12(17)16-13-14-9-11(3)18-13/h9-10H,4-8H2,1-3H3,(H2,14,15,16,17). The molecule has 18 heavy (non-hydrogen) atoms. The van der Waals surface area contributed by atoms with Crippen LogP contribution in [0.3, 0.4) is 0 Å². The third-order valence-corrected chi connectivity index (χ3v) is 3.54. The number of amides is 2. The van der Waals surface area contributed by atoms with E-state index in [0.29, 0.717) is 5.13 Å². The molecule has 2 amide bonds. The molecule has 0 aliphatic carbocycles. The summed E-state index contributed by atoms with van der Waals surface area (Å²) >= 11 is 1.48. The Morgan fingerprint density at radius 3 is 2.83 bits per heavy atom. The Kier molecular flexibility index (Phi) is 6.72. The highest BCUT2D eigenvalue weighted by molar-refractivity contribution is 7.15. The first-order chi connectivity index (χ1) is 8.61. The van der Waals surface area contributed by atoms with Crippen LogP contribution < -0.4 is 10.6 Å². The Labute approximate surface area is 113 Å². The number of anilines is 1. The number of rotatable bonds is 7. The van der Waals surface area contributed by atoms with Crippen molar-refractivity contribution in [2.75, 3.05) is 5.32 Å². The highest BCUT2D eigenvalue weighted by Crippen LogP contribution is 2.16. The lowest BCUT2D eigenvalue weighted by molar-refractivity contribution is 0.248. The van der Waals surface area contributed by atoms with Crippen LogP contribution in [0.25, 0.3) is 0 Å². The first kappa shape index (κ1) is 15.0. The number of aryl methyl sites for hydroxylation is 1. The summed E-state index contributed by atoms with van der Waals surface area (Å²) in [6.07, 6.45) is 7.73. The zero-order valence-electron chi connectivity index (χ0n) is 11.5. The van der Waals surface area contributed by atoms with Gasteiger partial charge < -0.3 is 5.32 Å². The molecule has 0 aliphatic rings. The van der Waals surface area contributed by atoms with Crippen LogP contribution in [0.2, 0.25) is 0 Å². The highest BCUT2D eigenvalue weighted by Gasteiger charge is 2.08. The molecule has 4 nitrogen and oxygen atoms in total. The van der Waals surface area contributed by atoms with E-state index in [0.717, 1.165) is 11.3 Å². The van der Waals surface area contributed by atoms with Crippen molar-refractivity contribution in [2.45, 2.75) is 58.9 Å². The van der Waals surface area contributed by atoms with Gasteiger partial charge in [-0.1, -0.05) is 32.6 Å². The number of nitrogens with one attached hydrogen (secondary N) is 2. The monoisotopic (exact) mass is 269 g/mol. The Bertz CT molecular complexity index is 365. The van der Waals surface area contributed by atoms with Crippen LogP contribution in [0.1, 0.15) is 50.8 Å². The molecular weight excluding hydrogens is 246 g/mol. The summed E-state index contributed by atoms with van der Waals surface area (Å²) in [6, 6.07) is 0.0512. The van der Waals surface area contributed by atoms with Gasteiger partial charge in [-0.05, 0) is 20.3 Å². The fourth-order valence-electron chi connectivity index (χ4n) is 1.72. The van der Waals surface area contributed by atoms with Gasteiger partial charge in [0.05, 0.1) is 0 Å². The number of hydrogen-bond donors (Lipinski definition) is 2. The molecule has 102 valence electrons. The average molecular weight is 269 g/mol. The normalized spacial score (nSPS) is 12.2. The molecule has 1 unspecified atom stereocenters. The summed E-state index contributed by atoms with van der Waals surface area (Å²) in [5.74, 6) is 0. The molecule has 0 bridgehead atoms. The van der Waals surface area contributed by atoms with Crippen LogP contribution in [0.15, 0.2) is 6.20 Å². The van der Waals surface area contributed by atoms with E-state index in [4.69, 9.17) is 0 Å². The number of thiazole rings is 1. The molecule has 2 N–H and O–H groups in total. The summed E-state index contributed by atoms with van der Waals surface area (Å²) in [6.45, 7) is 6.21. The van der Waals surface area contributed by atoms with Gasteiger partial charge in [0.15, 0.2) is 5.13 Å². The number of carbonyl (C=O) groups is 1. The second kappa shape index (κ2) is 8.08. The van der Waals surface area contributed by atoms with Crippen LogP contribution in [-0.4, -0.2) is 17.1 Å². The number of carbonyl (C=O) groups excluding carboxylic acids is 1. The molecule has 1 heterocycles. The molecule has 0 saturated heterocycles. The first-order valence-corrected chi connectivity index (χ1v) is 7.43. The van der Waals surface area contributed by atoms with Crippen LogP contribution in [0.4, 0.5) is 9.93 Å². The molecule has 1 aromatic rings. The van der Waals surface area contributed by atoms with Crippen molar-refractivity contribution in [3.63, 3.8) is 0 Å².